The molecule has 1 aliphatic carbocycles. The molecule has 1 aromatic heterocycles. The summed E-state index contributed by atoms with van der Waals surface area (Å²) in [5.41, 5.74) is 3.76. The van der Waals surface area contributed by atoms with Gasteiger partial charge in [0, 0.05) is 54.8 Å². The first-order chi connectivity index (χ1) is 18.9. The lowest BCUT2D eigenvalue weighted by atomic mass is 9.81. The molecule has 4 aliphatic rings. The molecule has 1 N–H and O–H groups in total. The summed E-state index contributed by atoms with van der Waals surface area (Å²) in [6, 6.07) is 9.78. The number of aliphatic hydroxyl groups is 1. The highest BCUT2D eigenvalue weighted by atomic mass is 16.5. The Morgan fingerprint density at radius 1 is 1.18 bits per heavy atom. The number of likely N-dealkylation sites (N-methyl/N-ethyl adjacent to an activating group) is 1. The molecule has 3 aliphatic heterocycles. The smallest absolute Gasteiger partial charge is 0.325 e. The van der Waals surface area contributed by atoms with Crippen molar-refractivity contribution in [1.29, 1.82) is 0 Å². The molecule has 2 aromatic rings. The largest absolute Gasteiger partial charge is 0.497 e. The van der Waals surface area contributed by atoms with E-state index >= 15 is 0 Å². The summed E-state index contributed by atoms with van der Waals surface area (Å²) in [6.45, 7) is 6.71. The summed E-state index contributed by atoms with van der Waals surface area (Å²) < 4.78 is 17.3. The lowest BCUT2D eigenvalue weighted by Gasteiger charge is -2.45. The number of furan rings is 1. The van der Waals surface area contributed by atoms with Gasteiger partial charge in [0.25, 0.3) is 0 Å². The number of para-hydroxylation sites is 1. The van der Waals surface area contributed by atoms with Crippen LogP contribution in [0.3, 0.4) is 0 Å². The van der Waals surface area contributed by atoms with E-state index in [1.807, 2.05) is 46.2 Å². The summed E-state index contributed by atoms with van der Waals surface area (Å²) in [4.78, 5) is 20.0. The molecule has 1 spiro atoms. The first-order valence-electron chi connectivity index (χ1n) is 13.8. The number of carbonyl (C=O) groups is 1. The van der Waals surface area contributed by atoms with Gasteiger partial charge in [-0.2, -0.15) is 0 Å². The van der Waals surface area contributed by atoms with Gasteiger partial charge in [0.15, 0.2) is 6.23 Å². The third kappa shape index (κ3) is 4.08. The molecule has 2 saturated heterocycles. The highest BCUT2D eigenvalue weighted by molar-refractivity contribution is 5.83. The number of benzene rings is 1. The monoisotopic (exact) mass is 531 g/mol. The van der Waals surface area contributed by atoms with E-state index in [0.29, 0.717) is 38.4 Å². The van der Waals surface area contributed by atoms with Crippen LogP contribution in [-0.2, 0) is 9.47 Å². The van der Waals surface area contributed by atoms with Crippen LogP contribution in [0, 0.1) is 5.92 Å². The number of methoxy groups -OCH3 is 2. The number of fused-ring (bicyclic) bond motifs is 3. The van der Waals surface area contributed by atoms with Gasteiger partial charge >= 0.3 is 6.03 Å². The van der Waals surface area contributed by atoms with Crippen molar-refractivity contribution in [3.63, 3.8) is 0 Å². The third-order valence-corrected chi connectivity index (χ3v) is 8.87. The quantitative estimate of drug-likeness (QED) is 0.564. The normalized spacial score (nSPS) is 24.1. The topological polar surface area (TPSA) is 78.6 Å². The molecule has 1 aromatic carbocycles. The van der Waals surface area contributed by atoms with Crippen LogP contribution in [0.5, 0.6) is 0 Å². The molecular formula is C31H37N3O5. The fourth-order valence-electron chi connectivity index (χ4n) is 6.92. The third-order valence-electron chi connectivity index (χ3n) is 8.87. The van der Waals surface area contributed by atoms with Crippen molar-refractivity contribution in [3.05, 3.63) is 82.7 Å². The highest BCUT2D eigenvalue weighted by Crippen LogP contribution is 2.48. The number of allylic oxidation sites excluding steroid dienone is 4. The van der Waals surface area contributed by atoms with Crippen molar-refractivity contribution in [2.75, 3.05) is 40.4 Å². The second-order valence-electron chi connectivity index (χ2n) is 10.8. The minimum Gasteiger partial charge on any atom is -0.497 e. The average molecular weight is 532 g/mol. The predicted molar refractivity (Wildman–Crippen MR) is 148 cm³/mol. The lowest BCUT2D eigenvalue weighted by molar-refractivity contribution is -0.0439. The van der Waals surface area contributed by atoms with Gasteiger partial charge in [-0.1, -0.05) is 31.2 Å². The zero-order chi connectivity index (χ0) is 27.3. The summed E-state index contributed by atoms with van der Waals surface area (Å²) in [5.74, 6) is 2.18. The summed E-state index contributed by atoms with van der Waals surface area (Å²) in [6.07, 6.45) is 7.63. The number of hydrogen-bond acceptors (Lipinski definition) is 6. The van der Waals surface area contributed by atoms with Crippen molar-refractivity contribution < 1.29 is 23.8 Å². The molecule has 0 bridgehead atoms. The predicted octanol–water partition coefficient (Wildman–Crippen LogP) is 5.31. The maximum atomic E-state index is 13.9. The van der Waals surface area contributed by atoms with Gasteiger partial charge in [-0.05, 0) is 50.0 Å². The van der Waals surface area contributed by atoms with Gasteiger partial charge in [0.05, 0.1) is 19.8 Å². The molecular weight excluding hydrogens is 494 g/mol. The highest BCUT2D eigenvalue weighted by Gasteiger charge is 2.55. The molecule has 8 nitrogen and oxygen atoms in total. The number of ether oxygens (including phenoxy) is 2. The van der Waals surface area contributed by atoms with Crippen LogP contribution in [-0.4, -0.2) is 71.8 Å². The maximum absolute atomic E-state index is 13.9. The SMILES string of the molecule is CCN1C(=O)N2CC3=C(C(OC)=CC(OC)=CC3)[C@@H](C)C=C2C12CCN(C(O)c1cc3ccccc3o1)CC2. The van der Waals surface area contributed by atoms with Crippen molar-refractivity contribution in [2.24, 2.45) is 5.92 Å². The number of aliphatic hydroxyl groups excluding tert-OH is 1. The number of likely N-dealkylation sites (tertiary alicyclic amines) is 1. The summed E-state index contributed by atoms with van der Waals surface area (Å²) in [7, 11) is 3.35. The number of rotatable bonds is 5. The summed E-state index contributed by atoms with van der Waals surface area (Å²) in [5, 5.41) is 12.2. The van der Waals surface area contributed by atoms with Crippen molar-refractivity contribution >= 4 is 17.0 Å². The van der Waals surface area contributed by atoms with Crippen LogP contribution < -0.4 is 0 Å². The first kappa shape index (κ1) is 25.8. The van der Waals surface area contributed by atoms with E-state index in [0.717, 1.165) is 46.6 Å². The van der Waals surface area contributed by atoms with Crippen LogP contribution >= 0.6 is 0 Å². The van der Waals surface area contributed by atoms with Crippen molar-refractivity contribution in [1.82, 2.24) is 14.7 Å². The van der Waals surface area contributed by atoms with Gasteiger partial charge < -0.3 is 23.9 Å². The minimum atomic E-state index is -0.825. The molecule has 206 valence electrons. The molecule has 4 heterocycles. The Morgan fingerprint density at radius 3 is 2.64 bits per heavy atom. The lowest BCUT2D eigenvalue weighted by Crippen LogP contribution is -2.54. The molecule has 0 radical (unpaired) electrons. The van der Waals surface area contributed by atoms with E-state index < -0.39 is 11.8 Å². The fourth-order valence-corrected chi connectivity index (χ4v) is 6.92. The number of hydrogen-bond donors (Lipinski definition) is 1. The number of carbonyl (C=O) groups excluding carboxylic acids is 1. The van der Waals surface area contributed by atoms with E-state index in [1.54, 1.807) is 14.2 Å². The number of urea groups is 1. The van der Waals surface area contributed by atoms with E-state index in [9.17, 15) is 9.90 Å². The van der Waals surface area contributed by atoms with Crippen LogP contribution in [0.4, 0.5) is 4.79 Å². The van der Waals surface area contributed by atoms with Crippen LogP contribution in [0.2, 0.25) is 0 Å². The zero-order valence-corrected chi connectivity index (χ0v) is 23.1. The van der Waals surface area contributed by atoms with E-state index in [4.69, 9.17) is 13.9 Å². The second-order valence-corrected chi connectivity index (χ2v) is 10.8. The molecule has 1 unspecified atom stereocenters. The van der Waals surface area contributed by atoms with E-state index in [1.165, 1.54) is 5.57 Å². The van der Waals surface area contributed by atoms with Crippen molar-refractivity contribution in [3.8, 4) is 0 Å². The Morgan fingerprint density at radius 2 is 1.95 bits per heavy atom. The van der Waals surface area contributed by atoms with Gasteiger partial charge in [-0.15, -0.1) is 0 Å². The fraction of sp³-hybridized carbons (Fsp3) is 0.452. The molecule has 39 heavy (non-hydrogen) atoms. The van der Waals surface area contributed by atoms with Gasteiger partial charge in [-0.25, -0.2) is 4.79 Å². The Kier molecular flexibility index (Phi) is 6.55. The molecule has 8 heteroatoms. The van der Waals surface area contributed by atoms with Crippen LogP contribution in [0.15, 0.2) is 81.3 Å². The van der Waals surface area contributed by atoms with Crippen LogP contribution in [0.25, 0.3) is 11.0 Å². The molecule has 6 rings (SSSR count). The molecule has 0 saturated carbocycles. The van der Waals surface area contributed by atoms with E-state index in [2.05, 4.69) is 30.9 Å². The average Bonchev–Trinajstić information content (AvgIpc) is 3.33. The Bertz CT molecular complexity index is 1380. The maximum Gasteiger partial charge on any atom is 0.325 e. The van der Waals surface area contributed by atoms with E-state index in [-0.39, 0.29) is 11.9 Å². The number of piperidine rings is 1. The van der Waals surface area contributed by atoms with Gasteiger partial charge in [0.2, 0.25) is 0 Å². The Balaban J connectivity index is 1.29. The Hall–Kier alpha value is -3.49. The van der Waals surface area contributed by atoms with Gasteiger partial charge in [0.1, 0.15) is 22.9 Å². The number of nitrogens with zero attached hydrogens (tertiary/aromatic N) is 3. The minimum absolute atomic E-state index is 0.0547. The molecule has 2 fully saturated rings. The number of amides is 2. The molecule has 2 amide bonds. The zero-order valence-electron chi connectivity index (χ0n) is 23.1. The summed E-state index contributed by atoms with van der Waals surface area (Å²) >= 11 is 0. The second kappa shape index (κ2) is 9.92. The first-order valence-corrected chi connectivity index (χ1v) is 13.8. The standard InChI is InChI=1S/C31H37N3O5/c1-5-34-30(36)33-19-22-10-11-23(37-3)18-25(38-4)28(22)20(2)16-27(33)31(34)12-14-32(15-13-31)29(35)26-17-21-8-6-7-9-24(21)39-26/h6-9,11,16-18,20,29,35H,5,10,12-15,19H2,1-4H3/t20-,29?/m0/s1. The van der Waals surface area contributed by atoms with Gasteiger partial charge in [-0.3, -0.25) is 9.80 Å². The molecule has 2 atom stereocenters. The Labute approximate surface area is 229 Å². The van der Waals surface area contributed by atoms with Crippen molar-refractivity contribution in [2.45, 2.75) is 44.9 Å². The van der Waals surface area contributed by atoms with Crippen LogP contribution in [0.1, 0.15) is 45.1 Å².